The topological polar surface area (TPSA) is 63.3 Å². The lowest BCUT2D eigenvalue weighted by atomic mass is 9.77. The Morgan fingerprint density at radius 3 is 2.41 bits per heavy atom. The van der Waals surface area contributed by atoms with Crippen LogP contribution < -0.4 is 5.73 Å². The van der Waals surface area contributed by atoms with E-state index in [1.54, 1.807) is 0 Å². The third-order valence-corrected chi connectivity index (χ3v) is 3.87. The number of aliphatic hydroxyl groups is 1. The summed E-state index contributed by atoms with van der Waals surface area (Å²) in [6, 6.07) is 3.88. The molecule has 1 aliphatic rings. The van der Waals surface area contributed by atoms with Crippen LogP contribution >= 0.6 is 0 Å². The molecule has 0 spiro atoms. The Kier molecular flexibility index (Phi) is 2.96. The molecule has 0 atom stereocenters. The van der Waals surface area contributed by atoms with Crippen molar-refractivity contribution in [1.29, 1.82) is 0 Å². The number of aryl methyl sites for hydroxylation is 1. The zero-order chi connectivity index (χ0) is 12.6. The van der Waals surface area contributed by atoms with Crippen molar-refractivity contribution in [2.45, 2.75) is 45.1 Å². The van der Waals surface area contributed by atoms with Gasteiger partial charge in [0, 0.05) is 18.5 Å². The molecule has 17 heavy (non-hydrogen) atoms. The van der Waals surface area contributed by atoms with Crippen molar-refractivity contribution in [3.05, 3.63) is 28.8 Å². The first kappa shape index (κ1) is 12.1. The molecule has 0 radical (unpaired) electrons. The van der Waals surface area contributed by atoms with Gasteiger partial charge in [-0.05, 0) is 43.4 Å². The van der Waals surface area contributed by atoms with Gasteiger partial charge in [0.25, 0.3) is 0 Å². The Hall–Kier alpha value is -1.35. The van der Waals surface area contributed by atoms with Gasteiger partial charge in [-0.2, -0.15) is 0 Å². The fourth-order valence-electron chi connectivity index (χ4n) is 2.58. The number of Topliss-reactive ketones (excluding diaryl/α,β-unsaturated/α-hetero) is 1. The van der Waals surface area contributed by atoms with E-state index in [1.807, 2.05) is 26.0 Å². The summed E-state index contributed by atoms with van der Waals surface area (Å²) in [7, 11) is 0. The van der Waals surface area contributed by atoms with E-state index in [9.17, 15) is 9.90 Å². The van der Waals surface area contributed by atoms with Crippen LogP contribution in [0.2, 0.25) is 0 Å². The summed E-state index contributed by atoms with van der Waals surface area (Å²) in [5.41, 5.74) is 8.72. The SMILES string of the molecule is Cc1ccc(C2(O)CCC(=O)CC2)c(C)c1N. The van der Waals surface area contributed by atoms with Crippen LogP contribution in [0.4, 0.5) is 5.69 Å². The second kappa shape index (κ2) is 4.15. The molecule has 0 amide bonds. The Morgan fingerprint density at radius 1 is 1.24 bits per heavy atom. The lowest BCUT2D eigenvalue weighted by molar-refractivity contribution is -0.125. The average Bonchev–Trinajstić information content (AvgIpc) is 2.30. The molecule has 1 aromatic rings. The molecular weight excluding hydrogens is 214 g/mol. The number of benzene rings is 1. The van der Waals surface area contributed by atoms with Crippen molar-refractivity contribution in [3.63, 3.8) is 0 Å². The Labute approximate surface area is 102 Å². The number of nitrogens with two attached hydrogens (primary N) is 1. The normalized spacial score (nSPS) is 19.4. The number of anilines is 1. The van der Waals surface area contributed by atoms with Gasteiger partial charge < -0.3 is 10.8 Å². The Balaban J connectivity index is 2.40. The second-order valence-corrected chi connectivity index (χ2v) is 5.04. The highest BCUT2D eigenvalue weighted by Gasteiger charge is 2.35. The highest BCUT2D eigenvalue weighted by Crippen LogP contribution is 2.39. The van der Waals surface area contributed by atoms with E-state index in [-0.39, 0.29) is 5.78 Å². The molecule has 3 nitrogen and oxygen atoms in total. The minimum absolute atomic E-state index is 0.243. The first-order valence-electron chi connectivity index (χ1n) is 6.04. The summed E-state index contributed by atoms with van der Waals surface area (Å²) in [4.78, 5) is 11.3. The van der Waals surface area contributed by atoms with Gasteiger partial charge in [0.15, 0.2) is 0 Å². The van der Waals surface area contributed by atoms with Gasteiger partial charge in [-0.1, -0.05) is 12.1 Å². The van der Waals surface area contributed by atoms with Crippen LogP contribution in [-0.4, -0.2) is 10.9 Å². The molecule has 92 valence electrons. The van der Waals surface area contributed by atoms with Gasteiger partial charge in [0.05, 0.1) is 5.60 Å². The van der Waals surface area contributed by atoms with E-state index < -0.39 is 5.60 Å². The summed E-state index contributed by atoms with van der Waals surface area (Å²) < 4.78 is 0. The molecule has 3 N–H and O–H groups in total. The van der Waals surface area contributed by atoms with Crippen LogP contribution in [0.1, 0.15) is 42.4 Å². The zero-order valence-electron chi connectivity index (χ0n) is 10.4. The molecule has 0 unspecified atom stereocenters. The van der Waals surface area contributed by atoms with Gasteiger partial charge in [-0.25, -0.2) is 0 Å². The van der Waals surface area contributed by atoms with E-state index in [0.717, 1.165) is 22.4 Å². The van der Waals surface area contributed by atoms with Gasteiger partial charge in [0.2, 0.25) is 0 Å². The summed E-state index contributed by atoms with van der Waals surface area (Å²) in [6.45, 7) is 3.90. The summed E-state index contributed by atoms with van der Waals surface area (Å²) in [5, 5.41) is 10.6. The van der Waals surface area contributed by atoms with E-state index >= 15 is 0 Å². The van der Waals surface area contributed by atoms with Gasteiger partial charge >= 0.3 is 0 Å². The molecule has 1 aliphatic carbocycles. The third kappa shape index (κ3) is 2.07. The predicted octanol–water partition coefficient (Wildman–Crippen LogP) is 2.22. The van der Waals surface area contributed by atoms with E-state index in [0.29, 0.717) is 25.7 Å². The lowest BCUT2D eigenvalue weighted by Gasteiger charge is -2.33. The van der Waals surface area contributed by atoms with E-state index in [4.69, 9.17) is 5.73 Å². The molecule has 1 saturated carbocycles. The number of hydrogen-bond donors (Lipinski definition) is 2. The maximum absolute atomic E-state index is 11.3. The first-order valence-corrected chi connectivity index (χ1v) is 6.04. The number of rotatable bonds is 1. The highest BCUT2D eigenvalue weighted by atomic mass is 16.3. The first-order chi connectivity index (χ1) is 7.94. The standard InChI is InChI=1S/C14H19NO2/c1-9-3-4-12(10(2)13(9)15)14(17)7-5-11(16)6-8-14/h3-4,17H,5-8,15H2,1-2H3. The maximum Gasteiger partial charge on any atom is 0.133 e. The van der Waals surface area contributed by atoms with Crippen molar-refractivity contribution in [1.82, 2.24) is 0 Å². The summed E-state index contributed by atoms with van der Waals surface area (Å²) >= 11 is 0. The van der Waals surface area contributed by atoms with Crippen molar-refractivity contribution in [3.8, 4) is 0 Å². The van der Waals surface area contributed by atoms with Crippen LogP contribution in [0.3, 0.4) is 0 Å². The highest BCUT2D eigenvalue weighted by molar-refractivity contribution is 5.79. The summed E-state index contributed by atoms with van der Waals surface area (Å²) in [5.74, 6) is 0.243. The predicted molar refractivity (Wildman–Crippen MR) is 67.7 cm³/mol. The van der Waals surface area contributed by atoms with Gasteiger partial charge in [-0.3, -0.25) is 4.79 Å². The number of nitrogen functional groups attached to an aromatic ring is 1. The average molecular weight is 233 g/mol. The third-order valence-electron chi connectivity index (χ3n) is 3.87. The largest absolute Gasteiger partial charge is 0.398 e. The quantitative estimate of drug-likeness (QED) is 0.731. The number of carbonyl (C=O) groups excluding carboxylic acids is 1. The lowest BCUT2D eigenvalue weighted by Crippen LogP contribution is -2.32. The second-order valence-electron chi connectivity index (χ2n) is 5.04. The van der Waals surface area contributed by atoms with Crippen LogP contribution in [0.15, 0.2) is 12.1 Å². The van der Waals surface area contributed by atoms with E-state index in [1.165, 1.54) is 0 Å². The fourth-order valence-corrected chi connectivity index (χ4v) is 2.58. The molecule has 2 rings (SSSR count). The van der Waals surface area contributed by atoms with Crippen molar-refractivity contribution >= 4 is 11.5 Å². The van der Waals surface area contributed by atoms with Crippen LogP contribution in [0, 0.1) is 13.8 Å². The molecule has 3 heteroatoms. The van der Waals surface area contributed by atoms with Crippen molar-refractivity contribution in [2.24, 2.45) is 0 Å². The summed E-state index contributed by atoms with van der Waals surface area (Å²) in [6.07, 6.45) is 1.94. The van der Waals surface area contributed by atoms with Crippen molar-refractivity contribution < 1.29 is 9.90 Å². The van der Waals surface area contributed by atoms with Crippen molar-refractivity contribution in [2.75, 3.05) is 5.73 Å². The minimum Gasteiger partial charge on any atom is -0.398 e. The monoisotopic (exact) mass is 233 g/mol. The number of hydrogen-bond acceptors (Lipinski definition) is 3. The molecule has 1 aromatic carbocycles. The molecule has 1 fully saturated rings. The number of carbonyl (C=O) groups is 1. The molecular formula is C14H19NO2. The fraction of sp³-hybridized carbons (Fsp3) is 0.500. The van der Waals surface area contributed by atoms with Crippen LogP contribution in [0.5, 0.6) is 0 Å². The van der Waals surface area contributed by atoms with Crippen LogP contribution in [-0.2, 0) is 10.4 Å². The minimum atomic E-state index is -0.875. The Bertz CT molecular complexity index is 456. The maximum atomic E-state index is 11.3. The van der Waals surface area contributed by atoms with Gasteiger partial charge in [0.1, 0.15) is 5.78 Å². The number of ketones is 1. The molecule has 0 aliphatic heterocycles. The zero-order valence-corrected chi connectivity index (χ0v) is 10.4. The molecule has 0 aromatic heterocycles. The van der Waals surface area contributed by atoms with Gasteiger partial charge in [-0.15, -0.1) is 0 Å². The molecule has 0 saturated heterocycles. The molecule has 0 heterocycles. The van der Waals surface area contributed by atoms with Crippen LogP contribution in [0.25, 0.3) is 0 Å². The van der Waals surface area contributed by atoms with E-state index in [2.05, 4.69) is 0 Å². The Morgan fingerprint density at radius 2 is 1.82 bits per heavy atom. The smallest absolute Gasteiger partial charge is 0.133 e. The molecule has 0 bridgehead atoms.